The number of aliphatic hydroxyl groups excluding tert-OH is 5. The molecule has 0 bridgehead atoms. The number of imidazole rings is 1. The molecule has 0 aliphatic carbocycles. The van der Waals surface area contributed by atoms with Crippen LogP contribution in [0.25, 0.3) is 11.2 Å². The minimum absolute atomic E-state index is 0.137. The van der Waals surface area contributed by atoms with Crippen molar-refractivity contribution in [3.8, 4) is 0 Å². The van der Waals surface area contributed by atoms with Crippen molar-refractivity contribution in [2.24, 2.45) is 5.92 Å². The average Bonchev–Trinajstić information content (AvgIpc) is 3.53. The van der Waals surface area contributed by atoms with E-state index in [-0.39, 0.29) is 13.0 Å². The van der Waals surface area contributed by atoms with Gasteiger partial charge in [0.2, 0.25) is 0 Å². The summed E-state index contributed by atoms with van der Waals surface area (Å²) in [5.74, 6) is -0.585. The monoisotopic (exact) mass is 553 g/mol. The molecular formula is C25H39N5O9. The molecule has 1 aliphatic rings. The summed E-state index contributed by atoms with van der Waals surface area (Å²) in [7, 11) is 0. The van der Waals surface area contributed by atoms with Gasteiger partial charge in [0.15, 0.2) is 17.0 Å². The number of fused-ring (bicyclic) bond motifs is 1. The first-order chi connectivity index (χ1) is 18.8. The third-order valence-corrected chi connectivity index (χ3v) is 6.25. The molecule has 14 heteroatoms. The van der Waals surface area contributed by atoms with Crippen molar-refractivity contribution >= 4 is 29.2 Å². The number of carboxylic acid groups (broad SMARTS) is 1. The van der Waals surface area contributed by atoms with Crippen LogP contribution in [0.15, 0.2) is 24.8 Å². The molecule has 14 nitrogen and oxygen atoms in total. The van der Waals surface area contributed by atoms with Crippen molar-refractivity contribution in [1.82, 2.24) is 19.5 Å². The summed E-state index contributed by atoms with van der Waals surface area (Å²) in [6.45, 7) is 1.75. The first-order valence-electron chi connectivity index (χ1n) is 12.9. The van der Waals surface area contributed by atoms with Gasteiger partial charge in [-0.25, -0.2) is 15.0 Å². The van der Waals surface area contributed by atoms with Crippen LogP contribution in [0.4, 0.5) is 5.82 Å². The van der Waals surface area contributed by atoms with Gasteiger partial charge in [-0.15, -0.1) is 0 Å². The Morgan fingerprint density at radius 2 is 1.97 bits per heavy atom. The summed E-state index contributed by atoms with van der Waals surface area (Å²) in [6.07, 6.45) is 6.41. The molecule has 0 aromatic carbocycles. The van der Waals surface area contributed by atoms with E-state index in [4.69, 9.17) is 25.2 Å². The molecule has 218 valence electrons. The fourth-order valence-electron chi connectivity index (χ4n) is 4.03. The van der Waals surface area contributed by atoms with Gasteiger partial charge in [0.25, 0.3) is 0 Å². The van der Waals surface area contributed by atoms with E-state index in [2.05, 4.69) is 20.3 Å². The molecule has 1 unspecified atom stereocenters. The largest absolute Gasteiger partial charge is 0.481 e. The number of nitrogens with zero attached hydrogens (tertiary/aromatic N) is 4. The normalized spacial score (nSPS) is 21.3. The van der Waals surface area contributed by atoms with Gasteiger partial charge >= 0.3 is 5.97 Å². The number of aromatic nitrogens is 4. The Morgan fingerprint density at radius 3 is 2.59 bits per heavy atom. The lowest BCUT2D eigenvalue weighted by Gasteiger charge is -2.13. The lowest BCUT2D eigenvalue weighted by Crippen LogP contribution is -2.29. The topological polar surface area (TPSA) is 220 Å². The molecule has 1 fully saturated rings. The molecule has 0 saturated carbocycles. The number of carboxylic acids is 1. The number of hydrogen-bond acceptors (Lipinski definition) is 12. The molecule has 0 amide bonds. The summed E-state index contributed by atoms with van der Waals surface area (Å²) in [4.78, 5) is 33.8. The Morgan fingerprint density at radius 1 is 1.21 bits per heavy atom. The van der Waals surface area contributed by atoms with Crippen LogP contribution in [0, 0.1) is 5.92 Å². The molecule has 39 heavy (non-hydrogen) atoms. The maximum atomic E-state index is 11.1. The first kappa shape index (κ1) is 32.2. The number of carbonyl (C=O) groups is 2. The van der Waals surface area contributed by atoms with Gasteiger partial charge in [-0.3, -0.25) is 9.36 Å². The van der Waals surface area contributed by atoms with Crippen molar-refractivity contribution in [3.05, 3.63) is 24.8 Å². The van der Waals surface area contributed by atoms with Crippen LogP contribution < -0.4 is 5.32 Å². The van der Waals surface area contributed by atoms with Crippen molar-refractivity contribution in [3.63, 3.8) is 0 Å². The number of ether oxygens (including phenoxy) is 1. The summed E-state index contributed by atoms with van der Waals surface area (Å²) in [5, 5.41) is 57.1. The van der Waals surface area contributed by atoms with E-state index in [1.165, 1.54) is 6.33 Å². The average molecular weight is 554 g/mol. The predicted molar refractivity (Wildman–Crippen MR) is 140 cm³/mol. The van der Waals surface area contributed by atoms with Gasteiger partial charge in [0.05, 0.1) is 37.7 Å². The van der Waals surface area contributed by atoms with Crippen LogP contribution in [-0.2, 0) is 14.3 Å². The quantitative estimate of drug-likeness (QED) is 0.0878. The van der Waals surface area contributed by atoms with Crippen LogP contribution in [0.5, 0.6) is 0 Å². The van der Waals surface area contributed by atoms with E-state index in [1.807, 2.05) is 6.92 Å². The molecule has 3 heterocycles. The zero-order valence-corrected chi connectivity index (χ0v) is 21.9. The highest BCUT2D eigenvalue weighted by Gasteiger charge is 2.35. The second kappa shape index (κ2) is 16.8. The second-order valence-corrected chi connectivity index (χ2v) is 9.13. The molecule has 7 N–H and O–H groups in total. The third-order valence-electron chi connectivity index (χ3n) is 6.25. The number of aliphatic carboxylic acids is 1. The van der Waals surface area contributed by atoms with E-state index in [9.17, 15) is 19.8 Å². The predicted octanol–water partition coefficient (Wildman–Crippen LogP) is 0.00570. The van der Waals surface area contributed by atoms with Crippen LogP contribution in [0.1, 0.15) is 51.7 Å². The lowest BCUT2D eigenvalue weighted by atomic mass is 10.0. The van der Waals surface area contributed by atoms with Crippen molar-refractivity contribution < 1.29 is 45.0 Å². The van der Waals surface area contributed by atoms with Gasteiger partial charge < -0.3 is 45.5 Å². The molecule has 2 aromatic heterocycles. The van der Waals surface area contributed by atoms with Gasteiger partial charge in [0, 0.05) is 19.4 Å². The zero-order chi connectivity index (χ0) is 28.8. The van der Waals surface area contributed by atoms with Gasteiger partial charge in [-0.05, 0) is 19.8 Å². The van der Waals surface area contributed by atoms with Crippen molar-refractivity contribution in [2.75, 3.05) is 25.1 Å². The van der Waals surface area contributed by atoms with Crippen LogP contribution in [0.2, 0.25) is 0 Å². The van der Waals surface area contributed by atoms with Crippen LogP contribution >= 0.6 is 0 Å². The second-order valence-electron chi connectivity index (χ2n) is 9.13. The Bertz CT molecular complexity index is 1050. The highest BCUT2D eigenvalue weighted by Crippen LogP contribution is 2.31. The molecule has 6 atom stereocenters. The number of aldehydes is 1. The maximum absolute atomic E-state index is 11.1. The van der Waals surface area contributed by atoms with E-state index < -0.39 is 49.1 Å². The fraction of sp³-hybridized carbons (Fsp3) is 0.640. The summed E-state index contributed by atoms with van der Waals surface area (Å²) in [6, 6.07) is 0. The lowest BCUT2D eigenvalue weighted by molar-refractivity contribution is -0.140. The third kappa shape index (κ3) is 9.60. The fourth-order valence-corrected chi connectivity index (χ4v) is 4.03. The van der Waals surface area contributed by atoms with Crippen LogP contribution in [-0.4, -0.2) is 107 Å². The number of rotatable bonds is 15. The minimum Gasteiger partial charge on any atom is -0.481 e. The highest BCUT2D eigenvalue weighted by atomic mass is 16.5. The number of anilines is 1. The number of unbranched alkanes of at least 4 members (excludes halogenated alkanes) is 2. The van der Waals surface area contributed by atoms with Crippen LogP contribution in [0.3, 0.4) is 0 Å². The number of nitrogens with one attached hydrogen (secondary N) is 1. The standard InChI is InChI=1S/C20H29N5O5.C5H10O4/c1-2-6-13(20(28)29)7-4-3-5-8-21-18-17-19(23-11-22-18)25(12-24-17)16-9-14(27)15(10-26)30-16;6-2-1-4(8)5(9)3-7/h2,6,11-16,26-27H,3-5,7-10H2,1H3,(H,28,29)(H,21,22,23);2,4-5,7-9H,1,3H2/b6-2+;/t13?,14-,15+,16+;4-,5+/m00/s1. The summed E-state index contributed by atoms with van der Waals surface area (Å²) < 4.78 is 7.43. The molecule has 2 aromatic rings. The summed E-state index contributed by atoms with van der Waals surface area (Å²) >= 11 is 0. The maximum Gasteiger partial charge on any atom is 0.310 e. The Labute approximate surface area is 226 Å². The Kier molecular flexibility index (Phi) is 13.9. The molecule has 3 rings (SSSR count). The van der Waals surface area contributed by atoms with E-state index in [0.717, 1.165) is 19.3 Å². The molecule has 0 radical (unpaired) electrons. The molecule has 0 spiro atoms. The highest BCUT2D eigenvalue weighted by molar-refractivity contribution is 5.82. The van der Waals surface area contributed by atoms with Gasteiger partial charge in [0.1, 0.15) is 31.0 Å². The van der Waals surface area contributed by atoms with E-state index in [1.54, 1.807) is 23.0 Å². The molecular weight excluding hydrogens is 514 g/mol. The number of hydrogen-bond donors (Lipinski definition) is 7. The van der Waals surface area contributed by atoms with E-state index >= 15 is 0 Å². The van der Waals surface area contributed by atoms with E-state index in [0.29, 0.717) is 42.7 Å². The Hall–Kier alpha value is -3.01. The number of aliphatic hydroxyl groups is 5. The van der Waals surface area contributed by atoms with Gasteiger partial charge in [-0.1, -0.05) is 25.0 Å². The van der Waals surface area contributed by atoms with Gasteiger partial charge in [-0.2, -0.15) is 0 Å². The number of carbonyl (C=O) groups excluding carboxylic acids is 1. The zero-order valence-electron chi connectivity index (χ0n) is 21.9. The minimum atomic E-state index is -1.20. The Balaban J connectivity index is 0.000000510. The SMILES string of the molecule is C/C=C/C(CCCCCNc1ncnc2c1ncn2[C@H]1C[C@H](O)[C@@H](CO)O1)C(=O)O.O=CC[C@H](O)[C@H](O)CO. The number of allylic oxidation sites excluding steroid dienone is 1. The smallest absolute Gasteiger partial charge is 0.310 e. The molecule has 1 aliphatic heterocycles. The van der Waals surface area contributed by atoms with Crippen molar-refractivity contribution in [1.29, 1.82) is 0 Å². The molecule has 1 saturated heterocycles. The summed E-state index contributed by atoms with van der Waals surface area (Å²) in [5.41, 5.74) is 1.21. The first-order valence-corrected chi connectivity index (χ1v) is 12.9. The van der Waals surface area contributed by atoms with Crippen molar-refractivity contribution in [2.45, 2.75) is 76.1 Å².